The first-order valence-electron chi connectivity index (χ1n) is 12.4. The highest BCUT2D eigenvalue weighted by Crippen LogP contribution is 2.35. The lowest BCUT2D eigenvalue weighted by Gasteiger charge is -2.26. The summed E-state index contributed by atoms with van der Waals surface area (Å²) in [7, 11) is 0. The van der Waals surface area contributed by atoms with E-state index in [2.05, 4.69) is 46.3 Å². The molecule has 5 aromatic rings. The molecule has 1 saturated heterocycles. The zero-order valence-electron chi connectivity index (χ0n) is 20.0. The number of pyridine rings is 1. The highest BCUT2D eigenvalue weighted by atomic mass is 16.5. The van der Waals surface area contributed by atoms with Gasteiger partial charge in [0.05, 0.1) is 25.2 Å². The first-order valence-corrected chi connectivity index (χ1v) is 12.4. The molecule has 0 bridgehead atoms. The predicted molar refractivity (Wildman–Crippen MR) is 145 cm³/mol. The van der Waals surface area contributed by atoms with E-state index in [1.807, 2.05) is 42.5 Å². The van der Waals surface area contributed by atoms with E-state index >= 15 is 0 Å². The summed E-state index contributed by atoms with van der Waals surface area (Å²) < 4.78 is 5.46. The van der Waals surface area contributed by atoms with Gasteiger partial charge in [0.2, 0.25) is 0 Å². The van der Waals surface area contributed by atoms with Crippen LogP contribution in [0, 0.1) is 0 Å². The van der Waals surface area contributed by atoms with Crippen LogP contribution in [-0.2, 0) is 17.9 Å². The molecule has 180 valence electrons. The fraction of sp³-hybridized carbons (Fsp3) is 0.194. The molecule has 0 spiro atoms. The van der Waals surface area contributed by atoms with Crippen molar-refractivity contribution < 1.29 is 9.84 Å². The highest BCUT2D eigenvalue weighted by molar-refractivity contribution is 6.13. The number of ether oxygens (including phenoxy) is 1. The maximum Gasteiger partial charge on any atom is 0.256 e. The van der Waals surface area contributed by atoms with Crippen LogP contribution >= 0.6 is 0 Å². The van der Waals surface area contributed by atoms with Crippen LogP contribution in [0.2, 0.25) is 0 Å². The van der Waals surface area contributed by atoms with Crippen molar-refractivity contribution >= 4 is 21.5 Å². The lowest BCUT2D eigenvalue weighted by molar-refractivity contribution is 0.0342. The number of morpholine rings is 1. The Hall–Kier alpha value is -3.77. The van der Waals surface area contributed by atoms with Gasteiger partial charge in [0.1, 0.15) is 0 Å². The Morgan fingerprint density at radius 3 is 2.31 bits per heavy atom. The summed E-state index contributed by atoms with van der Waals surface area (Å²) >= 11 is 0. The average molecular weight is 477 g/mol. The standard InChI is InChI=1S/C31H28N2O3/c34-20-25-17-28-29(23-4-2-1-3-5-23)18-32-31(35)30(28)27-16-24(10-11-26(25)27)22-8-6-21(7-9-22)19-33-12-14-36-15-13-33/h1-11,16-18,34H,12-15,19-20H2,(H,32,35). The van der Waals surface area contributed by atoms with Crippen molar-refractivity contribution in [3.63, 3.8) is 0 Å². The molecule has 0 atom stereocenters. The summed E-state index contributed by atoms with van der Waals surface area (Å²) in [4.78, 5) is 18.5. The van der Waals surface area contributed by atoms with Gasteiger partial charge in [0.15, 0.2) is 0 Å². The zero-order chi connectivity index (χ0) is 24.5. The normalized spacial score (nSPS) is 14.5. The number of fused-ring (bicyclic) bond motifs is 3. The topological polar surface area (TPSA) is 65.6 Å². The molecule has 2 heterocycles. The van der Waals surface area contributed by atoms with Gasteiger partial charge in [-0.2, -0.15) is 0 Å². The molecule has 5 nitrogen and oxygen atoms in total. The lowest BCUT2D eigenvalue weighted by atomic mass is 9.91. The summed E-state index contributed by atoms with van der Waals surface area (Å²) in [6.07, 6.45) is 1.77. The van der Waals surface area contributed by atoms with Crippen molar-refractivity contribution in [3.8, 4) is 22.3 Å². The van der Waals surface area contributed by atoms with Gasteiger partial charge in [-0.25, -0.2) is 0 Å². The third kappa shape index (κ3) is 4.22. The largest absolute Gasteiger partial charge is 0.392 e. The van der Waals surface area contributed by atoms with Crippen LogP contribution in [0.25, 0.3) is 43.8 Å². The van der Waals surface area contributed by atoms with E-state index in [1.165, 1.54) is 5.56 Å². The van der Waals surface area contributed by atoms with Crippen molar-refractivity contribution in [2.75, 3.05) is 26.3 Å². The number of aromatic amines is 1. The SMILES string of the molecule is O=c1[nH]cc(-c2ccccc2)c2cc(CO)c3ccc(-c4ccc(CN5CCOCC5)cc4)cc3c12. The van der Waals surface area contributed by atoms with E-state index in [0.717, 1.165) is 76.8 Å². The van der Waals surface area contributed by atoms with E-state index < -0.39 is 0 Å². The summed E-state index contributed by atoms with van der Waals surface area (Å²) in [5.74, 6) is 0. The van der Waals surface area contributed by atoms with Crippen LogP contribution in [-0.4, -0.2) is 41.3 Å². The van der Waals surface area contributed by atoms with Crippen LogP contribution in [0.3, 0.4) is 0 Å². The van der Waals surface area contributed by atoms with Crippen LogP contribution in [0.5, 0.6) is 0 Å². The van der Waals surface area contributed by atoms with Crippen molar-refractivity contribution in [2.24, 2.45) is 0 Å². The number of nitrogens with one attached hydrogen (secondary N) is 1. The molecule has 1 aliphatic heterocycles. The number of aromatic nitrogens is 1. The molecule has 0 unspecified atom stereocenters. The molecule has 0 radical (unpaired) electrons. The molecule has 2 N–H and O–H groups in total. The second kappa shape index (κ2) is 9.70. The number of aliphatic hydroxyl groups is 1. The molecule has 0 amide bonds. The molecule has 36 heavy (non-hydrogen) atoms. The van der Waals surface area contributed by atoms with Gasteiger partial charge in [-0.1, -0.05) is 66.7 Å². The van der Waals surface area contributed by atoms with Gasteiger partial charge in [-0.3, -0.25) is 9.69 Å². The van der Waals surface area contributed by atoms with Crippen molar-refractivity contribution in [1.29, 1.82) is 0 Å². The van der Waals surface area contributed by atoms with Gasteiger partial charge >= 0.3 is 0 Å². The fourth-order valence-corrected chi connectivity index (χ4v) is 5.23. The number of aliphatic hydroxyl groups excluding tert-OH is 1. The van der Waals surface area contributed by atoms with E-state index in [9.17, 15) is 9.90 Å². The summed E-state index contributed by atoms with van der Waals surface area (Å²) in [6.45, 7) is 4.35. The first kappa shape index (κ1) is 22.7. The van der Waals surface area contributed by atoms with Gasteiger partial charge in [-0.15, -0.1) is 0 Å². The molecular formula is C31H28N2O3. The van der Waals surface area contributed by atoms with Crippen LogP contribution < -0.4 is 5.56 Å². The van der Waals surface area contributed by atoms with Crippen molar-refractivity contribution in [2.45, 2.75) is 13.2 Å². The molecule has 4 aromatic carbocycles. The Labute approximate surface area is 209 Å². The number of benzene rings is 4. The molecule has 0 aliphatic carbocycles. The quantitative estimate of drug-likeness (QED) is 0.336. The number of hydrogen-bond acceptors (Lipinski definition) is 4. The molecule has 1 aliphatic rings. The first-order chi connectivity index (χ1) is 17.7. The second-order valence-corrected chi connectivity index (χ2v) is 9.36. The van der Waals surface area contributed by atoms with Gasteiger partial charge in [0, 0.05) is 31.4 Å². The lowest BCUT2D eigenvalue weighted by Crippen LogP contribution is -2.35. The molecule has 1 fully saturated rings. The maximum absolute atomic E-state index is 13.1. The predicted octanol–water partition coefficient (Wildman–Crippen LogP) is 5.34. The van der Waals surface area contributed by atoms with Crippen molar-refractivity contribution in [1.82, 2.24) is 9.88 Å². The van der Waals surface area contributed by atoms with Crippen LogP contribution in [0.4, 0.5) is 0 Å². The third-order valence-electron chi connectivity index (χ3n) is 7.14. The highest BCUT2D eigenvalue weighted by Gasteiger charge is 2.15. The Balaban J connectivity index is 1.46. The van der Waals surface area contributed by atoms with Crippen LogP contribution in [0.15, 0.2) is 89.9 Å². The molecule has 1 aromatic heterocycles. The van der Waals surface area contributed by atoms with Gasteiger partial charge < -0.3 is 14.8 Å². The number of H-pyrrole nitrogens is 1. The Morgan fingerprint density at radius 2 is 1.56 bits per heavy atom. The molecule has 6 rings (SSSR count). The number of rotatable bonds is 5. The average Bonchev–Trinajstić information content (AvgIpc) is 2.94. The second-order valence-electron chi connectivity index (χ2n) is 9.36. The minimum Gasteiger partial charge on any atom is -0.392 e. The Morgan fingerprint density at radius 1 is 0.806 bits per heavy atom. The summed E-state index contributed by atoms with van der Waals surface area (Å²) in [6, 6.07) is 26.8. The van der Waals surface area contributed by atoms with E-state index in [-0.39, 0.29) is 12.2 Å². The number of hydrogen-bond donors (Lipinski definition) is 2. The minimum absolute atomic E-state index is 0.0942. The van der Waals surface area contributed by atoms with Gasteiger partial charge in [-0.05, 0) is 56.1 Å². The van der Waals surface area contributed by atoms with Crippen molar-refractivity contribution in [3.05, 3.63) is 107 Å². The third-order valence-corrected chi connectivity index (χ3v) is 7.14. The fourth-order valence-electron chi connectivity index (χ4n) is 5.23. The summed E-state index contributed by atoms with van der Waals surface area (Å²) in [5.41, 5.74) is 6.07. The van der Waals surface area contributed by atoms with Crippen LogP contribution in [0.1, 0.15) is 11.1 Å². The molecule has 0 saturated carbocycles. The smallest absolute Gasteiger partial charge is 0.256 e. The molecular weight excluding hydrogens is 448 g/mol. The van der Waals surface area contributed by atoms with Gasteiger partial charge in [0.25, 0.3) is 5.56 Å². The number of nitrogens with zero attached hydrogens (tertiary/aromatic N) is 1. The Kier molecular flexibility index (Phi) is 6.11. The van der Waals surface area contributed by atoms with E-state index in [4.69, 9.17) is 4.74 Å². The Bertz CT molecular complexity index is 1580. The van der Waals surface area contributed by atoms with E-state index in [1.54, 1.807) is 6.20 Å². The monoisotopic (exact) mass is 476 g/mol. The summed E-state index contributed by atoms with van der Waals surface area (Å²) in [5, 5.41) is 13.4. The minimum atomic E-state index is -0.128. The van der Waals surface area contributed by atoms with E-state index in [0.29, 0.717) is 5.39 Å². The zero-order valence-corrected chi connectivity index (χ0v) is 20.0. The molecule has 5 heteroatoms. The maximum atomic E-state index is 13.1.